The van der Waals surface area contributed by atoms with Gasteiger partial charge in [0.05, 0.1) is 6.61 Å². The first-order valence-corrected chi connectivity index (χ1v) is 7.63. The molecule has 1 aliphatic rings. The van der Waals surface area contributed by atoms with E-state index in [0.717, 1.165) is 4.74 Å². The van der Waals surface area contributed by atoms with Crippen LogP contribution in [0, 0.1) is 5.21 Å². The van der Waals surface area contributed by atoms with Gasteiger partial charge in [0, 0.05) is 12.1 Å². The summed E-state index contributed by atoms with van der Waals surface area (Å²) in [5.74, 6) is 0. The van der Waals surface area contributed by atoms with Crippen molar-refractivity contribution in [2.24, 2.45) is 0 Å². The number of rotatable bonds is 2. The molecule has 0 saturated carbocycles. The molecular weight excluding hydrogens is 296 g/mol. The van der Waals surface area contributed by atoms with E-state index in [-0.39, 0.29) is 6.61 Å². The Hall–Kier alpha value is -2.08. The Labute approximate surface area is 136 Å². The van der Waals surface area contributed by atoms with Crippen LogP contribution in [0.4, 0.5) is 10.5 Å². The van der Waals surface area contributed by atoms with Crippen LogP contribution >= 0.6 is 0 Å². The zero-order valence-corrected chi connectivity index (χ0v) is 14.3. The molecule has 0 unspecified atom stereocenters. The molecule has 1 heterocycles. The maximum absolute atomic E-state index is 12.5. The molecule has 2 rings (SSSR count). The lowest BCUT2D eigenvalue weighted by Crippen LogP contribution is -2.50. The zero-order chi connectivity index (χ0) is 17.3. The average molecular weight is 320 g/mol. The molecule has 1 amide bonds. The van der Waals surface area contributed by atoms with Crippen molar-refractivity contribution in [3.63, 3.8) is 0 Å². The number of amides is 1. The van der Waals surface area contributed by atoms with Crippen molar-refractivity contribution in [1.82, 2.24) is 4.90 Å². The Morgan fingerprint density at radius 2 is 2.00 bits per heavy atom. The number of hydrogen-bond donors (Lipinski definition) is 0. The number of benzene rings is 1. The minimum absolute atomic E-state index is 0.248. The second-order valence-corrected chi connectivity index (χ2v) is 6.99. The molecule has 0 aliphatic carbocycles. The van der Waals surface area contributed by atoms with Gasteiger partial charge in [-0.2, -0.15) is 4.74 Å². The highest BCUT2D eigenvalue weighted by Crippen LogP contribution is 2.29. The van der Waals surface area contributed by atoms with Crippen LogP contribution in [-0.4, -0.2) is 45.9 Å². The van der Waals surface area contributed by atoms with Crippen LogP contribution < -0.4 is 0 Å². The molecule has 0 aromatic heterocycles. The molecule has 1 aromatic carbocycles. The molecular formula is C17H24N2O4. The number of hydrogen-bond acceptors (Lipinski definition) is 4. The van der Waals surface area contributed by atoms with Gasteiger partial charge in [-0.05, 0) is 34.6 Å². The fraction of sp³-hybridized carbons (Fsp3) is 0.529. The first-order chi connectivity index (χ1) is 10.6. The molecule has 0 bridgehead atoms. The van der Waals surface area contributed by atoms with Crippen molar-refractivity contribution in [3.8, 4) is 0 Å². The predicted octanol–water partition coefficient (Wildman–Crippen LogP) is 3.27. The highest BCUT2D eigenvalue weighted by Gasteiger charge is 2.46. The van der Waals surface area contributed by atoms with E-state index >= 15 is 0 Å². The third-order valence-electron chi connectivity index (χ3n) is 3.43. The van der Waals surface area contributed by atoms with E-state index in [1.165, 1.54) is 11.1 Å². The van der Waals surface area contributed by atoms with Gasteiger partial charge >= 0.3 is 6.09 Å². The molecule has 6 nitrogen and oxygen atoms in total. The highest BCUT2D eigenvalue weighted by atomic mass is 16.6. The van der Waals surface area contributed by atoms with Gasteiger partial charge in [0.1, 0.15) is 17.4 Å². The van der Waals surface area contributed by atoms with Crippen LogP contribution in [0.2, 0.25) is 0 Å². The maximum Gasteiger partial charge on any atom is 0.413 e. The lowest BCUT2D eigenvalue weighted by molar-refractivity contribution is -0.357. The Bertz CT molecular complexity index is 590. The summed E-state index contributed by atoms with van der Waals surface area (Å²) in [4.78, 5) is 14.0. The van der Waals surface area contributed by atoms with Gasteiger partial charge in [-0.15, -0.1) is 0 Å². The van der Waals surface area contributed by atoms with Crippen LogP contribution in [0.5, 0.6) is 0 Å². The summed E-state index contributed by atoms with van der Waals surface area (Å²) in [6.07, 6.45) is 0.941. The molecule has 1 aliphatic heterocycles. The van der Waals surface area contributed by atoms with E-state index < -0.39 is 23.5 Å². The van der Waals surface area contributed by atoms with Crippen molar-refractivity contribution in [2.45, 2.75) is 52.0 Å². The van der Waals surface area contributed by atoms with Gasteiger partial charge in [0.25, 0.3) is 0 Å². The first kappa shape index (κ1) is 17.3. The SMILES string of the molecule is CC(C)(C)OC(=O)N1[C@H](/C=[N+](\[O-])c2ccccc2)COC1(C)C. The summed E-state index contributed by atoms with van der Waals surface area (Å²) in [5.41, 5.74) is -0.945. The third kappa shape index (κ3) is 4.22. The monoisotopic (exact) mass is 320 g/mol. The van der Waals surface area contributed by atoms with Crippen LogP contribution in [0.15, 0.2) is 30.3 Å². The Balaban J connectivity index is 2.25. The zero-order valence-electron chi connectivity index (χ0n) is 14.3. The van der Waals surface area contributed by atoms with E-state index in [2.05, 4.69) is 0 Å². The summed E-state index contributed by atoms with van der Waals surface area (Å²) in [6, 6.07) is 8.35. The number of carbonyl (C=O) groups is 1. The highest BCUT2D eigenvalue weighted by molar-refractivity contribution is 5.76. The van der Waals surface area contributed by atoms with Crippen molar-refractivity contribution in [3.05, 3.63) is 35.5 Å². The second kappa shape index (κ2) is 6.20. The summed E-state index contributed by atoms with van der Waals surface area (Å²) < 4.78 is 11.9. The fourth-order valence-corrected chi connectivity index (χ4v) is 2.43. The molecule has 6 heteroatoms. The molecule has 1 aromatic rings. The van der Waals surface area contributed by atoms with E-state index in [1.807, 2.05) is 6.07 Å². The standard InChI is InChI=1S/C17H24N2O4/c1-16(2,3)23-15(20)19-14(12-22-17(19,4)5)11-18(21)13-9-7-6-8-10-13/h6-11,14H,12H2,1-5H3/b18-11-/t14-/m1/s1. The molecule has 0 spiro atoms. The summed E-state index contributed by atoms with van der Waals surface area (Å²) >= 11 is 0. The van der Waals surface area contributed by atoms with Crippen molar-refractivity contribution in [2.75, 3.05) is 6.61 Å². The Kier molecular flexibility index (Phi) is 4.66. The van der Waals surface area contributed by atoms with Gasteiger partial charge in [0.2, 0.25) is 5.69 Å². The Morgan fingerprint density at radius 1 is 1.39 bits per heavy atom. The quantitative estimate of drug-likeness (QED) is 0.363. The van der Waals surface area contributed by atoms with Gasteiger partial charge in [-0.3, -0.25) is 4.90 Å². The van der Waals surface area contributed by atoms with Crippen LogP contribution in [-0.2, 0) is 9.47 Å². The molecule has 1 atom stereocenters. The molecule has 23 heavy (non-hydrogen) atoms. The second-order valence-electron chi connectivity index (χ2n) is 6.99. The smallest absolute Gasteiger partial charge is 0.413 e. The largest absolute Gasteiger partial charge is 0.618 e. The van der Waals surface area contributed by atoms with Crippen molar-refractivity contribution >= 4 is 18.0 Å². The molecule has 126 valence electrons. The first-order valence-electron chi connectivity index (χ1n) is 7.63. The maximum atomic E-state index is 12.5. The number of carbonyl (C=O) groups excluding carboxylic acids is 1. The average Bonchev–Trinajstić information content (AvgIpc) is 2.72. The van der Waals surface area contributed by atoms with Crippen LogP contribution in [0.1, 0.15) is 34.6 Å². The normalized spacial score (nSPS) is 21.3. The third-order valence-corrected chi connectivity index (χ3v) is 3.43. The van der Waals surface area contributed by atoms with Crippen molar-refractivity contribution in [1.29, 1.82) is 0 Å². The fourth-order valence-electron chi connectivity index (χ4n) is 2.43. The van der Waals surface area contributed by atoms with E-state index in [1.54, 1.807) is 58.9 Å². The minimum Gasteiger partial charge on any atom is -0.618 e. The molecule has 0 radical (unpaired) electrons. The van der Waals surface area contributed by atoms with Crippen LogP contribution in [0.25, 0.3) is 0 Å². The number of ether oxygens (including phenoxy) is 2. The summed E-state index contributed by atoms with van der Waals surface area (Å²) in [5, 5.41) is 12.3. The number of nitrogens with zero attached hydrogens (tertiary/aromatic N) is 2. The topological polar surface area (TPSA) is 64.8 Å². The van der Waals surface area contributed by atoms with E-state index in [4.69, 9.17) is 9.47 Å². The molecule has 0 N–H and O–H groups in total. The lowest BCUT2D eigenvalue weighted by atomic mass is 10.2. The summed E-state index contributed by atoms with van der Waals surface area (Å²) in [7, 11) is 0. The van der Waals surface area contributed by atoms with E-state index in [9.17, 15) is 10.0 Å². The van der Waals surface area contributed by atoms with E-state index in [0.29, 0.717) is 5.69 Å². The molecule has 1 fully saturated rings. The Morgan fingerprint density at radius 3 is 2.57 bits per heavy atom. The van der Waals surface area contributed by atoms with Gasteiger partial charge in [0.15, 0.2) is 6.21 Å². The lowest BCUT2D eigenvalue weighted by Gasteiger charge is -2.33. The molecule has 1 saturated heterocycles. The predicted molar refractivity (Wildman–Crippen MR) is 87.7 cm³/mol. The van der Waals surface area contributed by atoms with Gasteiger partial charge in [-0.25, -0.2) is 4.79 Å². The van der Waals surface area contributed by atoms with Crippen LogP contribution in [0.3, 0.4) is 0 Å². The van der Waals surface area contributed by atoms with Gasteiger partial charge in [-0.1, -0.05) is 18.2 Å². The number of para-hydroxylation sites is 1. The van der Waals surface area contributed by atoms with Crippen molar-refractivity contribution < 1.29 is 19.0 Å². The minimum atomic E-state index is -0.832. The summed E-state index contributed by atoms with van der Waals surface area (Å²) in [6.45, 7) is 9.22. The van der Waals surface area contributed by atoms with Gasteiger partial charge < -0.3 is 14.7 Å².